The van der Waals surface area contributed by atoms with Crippen LogP contribution in [0.3, 0.4) is 0 Å². The van der Waals surface area contributed by atoms with Crippen LogP contribution < -0.4 is 5.32 Å². The summed E-state index contributed by atoms with van der Waals surface area (Å²) < 4.78 is 43.9. The zero-order valence-corrected chi connectivity index (χ0v) is 15.2. The molecule has 2 heterocycles. The van der Waals surface area contributed by atoms with E-state index < -0.39 is 23.1 Å². The van der Waals surface area contributed by atoms with Crippen LogP contribution in [0, 0.1) is 0 Å². The highest BCUT2D eigenvalue weighted by Gasteiger charge is 2.32. The Morgan fingerprint density at radius 3 is 2.54 bits per heavy atom. The van der Waals surface area contributed by atoms with E-state index in [9.17, 15) is 18.0 Å². The Balaban J connectivity index is 1.70. The second-order valence-electron chi connectivity index (χ2n) is 6.90. The molecule has 3 aromatic rings. The number of pyridine rings is 1. The summed E-state index contributed by atoms with van der Waals surface area (Å²) in [7, 11) is 0. The Bertz CT molecular complexity index is 966. The van der Waals surface area contributed by atoms with Crippen LogP contribution in [0.5, 0.6) is 0 Å². The smallest absolute Gasteiger partial charge is 0.416 e. The van der Waals surface area contributed by atoms with Crippen LogP contribution in [0.25, 0.3) is 11.5 Å². The molecule has 0 spiro atoms. The van der Waals surface area contributed by atoms with E-state index in [2.05, 4.69) is 15.3 Å². The molecule has 0 bridgehead atoms. The molecule has 1 amide bonds. The minimum absolute atomic E-state index is 0.143. The molecule has 0 fully saturated rings. The summed E-state index contributed by atoms with van der Waals surface area (Å²) in [5, 5.41) is 2.61. The van der Waals surface area contributed by atoms with Gasteiger partial charge in [-0.15, -0.1) is 0 Å². The third kappa shape index (κ3) is 4.39. The van der Waals surface area contributed by atoms with Crippen molar-refractivity contribution in [3.8, 4) is 11.5 Å². The number of nitrogens with one attached hydrogen (secondary N) is 1. The summed E-state index contributed by atoms with van der Waals surface area (Å²) in [6, 6.07) is 10.9. The number of alkyl halides is 3. The molecule has 3 rings (SSSR count). The summed E-state index contributed by atoms with van der Waals surface area (Å²) in [4.78, 5) is 20.4. The number of rotatable bonds is 5. The number of hydrogen-bond acceptors (Lipinski definition) is 4. The SMILES string of the molecule is CC(C)(CNC(=O)c1cc(C(F)(F)F)ccn1)c1coc(-c2ccccc2)n1. The summed E-state index contributed by atoms with van der Waals surface area (Å²) >= 11 is 0. The molecule has 0 saturated carbocycles. The van der Waals surface area contributed by atoms with E-state index in [-0.39, 0.29) is 12.2 Å². The Morgan fingerprint density at radius 2 is 1.86 bits per heavy atom. The average molecular weight is 389 g/mol. The molecule has 0 radical (unpaired) electrons. The first kappa shape index (κ1) is 19.6. The second kappa shape index (κ2) is 7.46. The quantitative estimate of drug-likeness (QED) is 0.699. The molecule has 2 aromatic heterocycles. The zero-order chi connectivity index (χ0) is 20.4. The van der Waals surface area contributed by atoms with Gasteiger partial charge in [0.2, 0.25) is 5.89 Å². The van der Waals surface area contributed by atoms with Gasteiger partial charge in [-0.3, -0.25) is 9.78 Å². The first-order valence-corrected chi connectivity index (χ1v) is 8.50. The van der Waals surface area contributed by atoms with Crippen molar-refractivity contribution in [2.45, 2.75) is 25.4 Å². The maximum absolute atomic E-state index is 12.8. The maximum atomic E-state index is 12.8. The summed E-state index contributed by atoms with van der Waals surface area (Å²) in [6.07, 6.45) is -2.06. The molecule has 1 aromatic carbocycles. The topological polar surface area (TPSA) is 68.0 Å². The van der Waals surface area contributed by atoms with Crippen molar-refractivity contribution in [3.63, 3.8) is 0 Å². The highest BCUT2D eigenvalue weighted by molar-refractivity contribution is 5.92. The van der Waals surface area contributed by atoms with Crippen LogP contribution >= 0.6 is 0 Å². The molecule has 146 valence electrons. The maximum Gasteiger partial charge on any atom is 0.416 e. The van der Waals surface area contributed by atoms with E-state index in [4.69, 9.17) is 4.42 Å². The number of carbonyl (C=O) groups is 1. The van der Waals surface area contributed by atoms with Crippen molar-refractivity contribution in [2.24, 2.45) is 0 Å². The van der Waals surface area contributed by atoms with Crippen molar-refractivity contribution in [3.05, 3.63) is 71.9 Å². The minimum Gasteiger partial charge on any atom is -0.444 e. The number of carbonyl (C=O) groups excluding carboxylic acids is 1. The van der Waals surface area contributed by atoms with Gasteiger partial charge in [-0.05, 0) is 24.3 Å². The first-order chi connectivity index (χ1) is 13.2. The van der Waals surface area contributed by atoms with Gasteiger partial charge < -0.3 is 9.73 Å². The van der Waals surface area contributed by atoms with E-state index in [1.54, 1.807) is 0 Å². The molecule has 0 aliphatic heterocycles. The third-order valence-electron chi connectivity index (χ3n) is 4.23. The molecule has 0 aliphatic carbocycles. The molecule has 8 heteroatoms. The van der Waals surface area contributed by atoms with Crippen molar-refractivity contribution >= 4 is 5.91 Å². The summed E-state index contributed by atoms with van der Waals surface area (Å²) in [5.41, 5.74) is -0.384. The lowest BCUT2D eigenvalue weighted by molar-refractivity contribution is -0.137. The average Bonchev–Trinajstić information content (AvgIpc) is 3.17. The van der Waals surface area contributed by atoms with E-state index in [1.165, 1.54) is 6.26 Å². The molecule has 28 heavy (non-hydrogen) atoms. The highest BCUT2D eigenvalue weighted by Crippen LogP contribution is 2.29. The molecular formula is C20H18F3N3O2. The standard InChI is InChI=1S/C20H18F3N3O2/c1-19(2,16-11-28-18(26-16)13-6-4-3-5-7-13)12-25-17(27)15-10-14(8-9-24-15)20(21,22)23/h3-11H,12H2,1-2H3,(H,25,27). The van der Waals surface area contributed by atoms with Gasteiger partial charge in [0.05, 0.1) is 11.3 Å². The van der Waals surface area contributed by atoms with Gasteiger partial charge in [0.1, 0.15) is 12.0 Å². The van der Waals surface area contributed by atoms with Gasteiger partial charge in [-0.25, -0.2) is 4.98 Å². The monoisotopic (exact) mass is 389 g/mol. The van der Waals surface area contributed by atoms with Gasteiger partial charge >= 0.3 is 6.18 Å². The van der Waals surface area contributed by atoms with Gasteiger partial charge in [-0.1, -0.05) is 32.0 Å². The van der Waals surface area contributed by atoms with E-state index in [1.807, 2.05) is 44.2 Å². The Labute approximate surface area is 159 Å². The van der Waals surface area contributed by atoms with Crippen LogP contribution in [-0.4, -0.2) is 22.4 Å². The van der Waals surface area contributed by atoms with Crippen molar-refractivity contribution in [1.82, 2.24) is 15.3 Å². The Hall–Kier alpha value is -3.16. The highest BCUT2D eigenvalue weighted by atomic mass is 19.4. The first-order valence-electron chi connectivity index (χ1n) is 8.50. The van der Waals surface area contributed by atoms with Crippen molar-refractivity contribution in [2.75, 3.05) is 6.54 Å². The fraction of sp³-hybridized carbons (Fsp3) is 0.250. The normalized spacial score (nSPS) is 12.0. The summed E-state index contributed by atoms with van der Waals surface area (Å²) in [6.45, 7) is 3.84. The van der Waals surface area contributed by atoms with Crippen LogP contribution in [0.2, 0.25) is 0 Å². The molecule has 0 saturated heterocycles. The van der Waals surface area contributed by atoms with Crippen LogP contribution in [-0.2, 0) is 11.6 Å². The van der Waals surface area contributed by atoms with E-state index >= 15 is 0 Å². The van der Waals surface area contributed by atoms with E-state index in [0.29, 0.717) is 11.6 Å². The number of benzene rings is 1. The van der Waals surface area contributed by atoms with Gasteiger partial charge in [-0.2, -0.15) is 13.2 Å². The molecule has 0 aliphatic rings. The largest absolute Gasteiger partial charge is 0.444 e. The van der Waals surface area contributed by atoms with Crippen molar-refractivity contribution < 1.29 is 22.4 Å². The number of halogens is 3. The number of oxazole rings is 1. The molecule has 1 N–H and O–H groups in total. The lowest BCUT2D eigenvalue weighted by atomic mass is 9.90. The predicted octanol–water partition coefficient (Wildman–Crippen LogP) is 4.46. The fourth-order valence-corrected chi connectivity index (χ4v) is 2.51. The minimum atomic E-state index is -4.54. The molecule has 0 atom stereocenters. The van der Waals surface area contributed by atoms with Gasteiger partial charge in [0, 0.05) is 23.7 Å². The summed E-state index contributed by atoms with van der Waals surface area (Å²) in [5.74, 6) is -0.236. The number of nitrogens with zero attached hydrogens (tertiary/aromatic N) is 2. The number of hydrogen-bond donors (Lipinski definition) is 1. The zero-order valence-electron chi connectivity index (χ0n) is 15.2. The lowest BCUT2D eigenvalue weighted by Crippen LogP contribution is -2.37. The third-order valence-corrected chi connectivity index (χ3v) is 4.23. The molecule has 0 unspecified atom stereocenters. The van der Waals surface area contributed by atoms with Crippen LogP contribution in [0.1, 0.15) is 35.6 Å². The Kier molecular flexibility index (Phi) is 5.22. The fourth-order valence-electron chi connectivity index (χ4n) is 2.51. The van der Waals surface area contributed by atoms with Gasteiger partial charge in [0.25, 0.3) is 5.91 Å². The van der Waals surface area contributed by atoms with Crippen molar-refractivity contribution in [1.29, 1.82) is 0 Å². The number of aromatic nitrogens is 2. The molecular weight excluding hydrogens is 371 g/mol. The predicted molar refractivity (Wildman–Crippen MR) is 96.5 cm³/mol. The number of amides is 1. The second-order valence-corrected chi connectivity index (χ2v) is 6.90. The van der Waals surface area contributed by atoms with Crippen LogP contribution in [0.4, 0.5) is 13.2 Å². The molecule has 5 nitrogen and oxygen atoms in total. The van der Waals surface area contributed by atoms with Gasteiger partial charge in [0.15, 0.2) is 0 Å². The Morgan fingerprint density at radius 1 is 1.14 bits per heavy atom. The lowest BCUT2D eigenvalue weighted by Gasteiger charge is -2.22. The van der Waals surface area contributed by atoms with Crippen LogP contribution in [0.15, 0.2) is 59.3 Å². The van der Waals surface area contributed by atoms with E-state index in [0.717, 1.165) is 23.9 Å².